The van der Waals surface area contributed by atoms with Crippen molar-refractivity contribution < 1.29 is 17.9 Å². The van der Waals surface area contributed by atoms with Gasteiger partial charge in [-0.2, -0.15) is 0 Å². The van der Waals surface area contributed by atoms with Gasteiger partial charge < -0.3 is 10.1 Å². The maximum absolute atomic E-state index is 13.1. The topological polar surface area (TPSA) is 88.6 Å². The van der Waals surface area contributed by atoms with Gasteiger partial charge in [-0.15, -0.1) is 11.3 Å². The van der Waals surface area contributed by atoms with Crippen LogP contribution in [0.1, 0.15) is 10.6 Å². The van der Waals surface area contributed by atoms with Crippen LogP contribution in [-0.2, 0) is 21.2 Å². The Morgan fingerprint density at radius 1 is 1.09 bits per heavy atom. The second-order valence-corrected chi connectivity index (χ2v) is 11.0. The zero-order chi connectivity index (χ0) is 24.4. The Hall–Kier alpha value is -3.69. The molecule has 0 bridgehead atoms. The van der Waals surface area contributed by atoms with Gasteiger partial charge in [0.1, 0.15) is 5.75 Å². The molecular weight excluding hydrogens is 482 g/mol. The lowest BCUT2D eigenvalue weighted by Gasteiger charge is -2.19. The second kappa shape index (κ2) is 9.52. The average Bonchev–Trinajstić information content (AvgIpc) is 3.50. The van der Waals surface area contributed by atoms with Crippen LogP contribution < -0.4 is 14.4 Å². The number of aromatic nitrogens is 1. The Morgan fingerprint density at radius 2 is 1.89 bits per heavy atom. The highest BCUT2D eigenvalue weighted by molar-refractivity contribution is 7.92. The van der Waals surface area contributed by atoms with Gasteiger partial charge in [-0.1, -0.05) is 30.3 Å². The highest BCUT2D eigenvalue weighted by atomic mass is 32.2. The van der Waals surface area contributed by atoms with Crippen LogP contribution in [0.3, 0.4) is 0 Å². The van der Waals surface area contributed by atoms with Gasteiger partial charge >= 0.3 is 0 Å². The molecule has 4 aromatic rings. The molecule has 35 heavy (non-hydrogen) atoms. The summed E-state index contributed by atoms with van der Waals surface area (Å²) in [6, 6.07) is 21.1. The van der Waals surface area contributed by atoms with Crippen molar-refractivity contribution in [3.63, 3.8) is 0 Å². The smallest absolute Gasteiger partial charge is 0.264 e. The molecule has 2 heterocycles. The minimum Gasteiger partial charge on any atom is -0.484 e. The average molecular weight is 506 g/mol. The molecule has 1 aliphatic heterocycles. The first kappa shape index (κ1) is 23.1. The number of nitrogens with zero attached hydrogens (tertiary/aromatic N) is 2. The number of nitrogens with one attached hydrogen (secondary N) is 1. The van der Waals surface area contributed by atoms with Crippen LogP contribution in [0.4, 0.5) is 11.4 Å². The van der Waals surface area contributed by atoms with Crippen molar-refractivity contribution in [1.29, 1.82) is 0 Å². The number of hydrogen-bond donors (Lipinski definition) is 1. The fourth-order valence-electron chi connectivity index (χ4n) is 3.99. The second-order valence-electron chi connectivity index (χ2n) is 8.10. The minimum atomic E-state index is -3.67. The quantitative estimate of drug-likeness (QED) is 0.386. The molecule has 7 nitrogen and oxygen atoms in total. The summed E-state index contributed by atoms with van der Waals surface area (Å²) in [6.45, 7) is 2.17. The Labute approximate surface area is 208 Å². The summed E-state index contributed by atoms with van der Waals surface area (Å²) in [4.78, 5) is 17.1. The van der Waals surface area contributed by atoms with Crippen LogP contribution in [0.25, 0.3) is 11.3 Å². The molecule has 5 rings (SSSR count). The number of ether oxygens (including phenoxy) is 1. The number of amides is 1. The number of para-hydroxylation sites is 1. The number of aryl methyl sites for hydroxylation is 1. The molecule has 0 unspecified atom stereocenters. The van der Waals surface area contributed by atoms with Crippen molar-refractivity contribution in [3.05, 3.63) is 88.7 Å². The van der Waals surface area contributed by atoms with Gasteiger partial charge in [-0.25, -0.2) is 13.4 Å². The molecule has 0 spiro atoms. The Morgan fingerprint density at radius 3 is 2.66 bits per heavy atom. The number of fused-ring (bicyclic) bond motifs is 1. The molecule has 3 aromatic carbocycles. The summed E-state index contributed by atoms with van der Waals surface area (Å²) in [5, 5.41) is 5.78. The maximum Gasteiger partial charge on any atom is 0.264 e. The number of rotatable bonds is 7. The van der Waals surface area contributed by atoms with Crippen LogP contribution in [0.5, 0.6) is 5.75 Å². The van der Waals surface area contributed by atoms with Crippen molar-refractivity contribution in [1.82, 2.24) is 4.98 Å². The van der Waals surface area contributed by atoms with Crippen LogP contribution in [0, 0.1) is 6.92 Å². The lowest BCUT2D eigenvalue weighted by molar-refractivity contribution is -0.118. The predicted molar refractivity (Wildman–Crippen MR) is 138 cm³/mol. The summed E-state index contributed by atoms with van der Waals surface area (Å²) in [7, 11) is -3.67. The summed E-state index contributed by atoms with van der Waals surface area (Å²) < 4.78 is 33.3. The van der Waals surface area contributed by atoms with E-state index >= 15 is 0 Å². The zero-order valence-corrected chi connectivity index (χ0v) is 20.6. The molecule has 1 N–H and O–H groups in total. The van der Waals surface area contributed by atoms with Crippen molar-refractivity contribution in [2.24, 2.45) is 0 Å². The van der Waals surface area contributed by atoms with E-state index in [4.69, 9.17) is 4.74 Å². The predicted octanol–water partition coefficient (Wildman–Crippen LogP) is 4.89. The normalized spacial score (nSPS) is 12.9. The molecule has 178 valence electrons. The van der Waals surface area contributed by atoms with Gasteiger partial charge in [-0.05, 0) is 61.4 Å². The van der Waals surface area contributed by atoms with Gasteiger partial charge in [0, 0.05) is 23.2 Å². The summed E-state index contributed by atoms with van der Waals surface area (Å²) in [5.74, 6) is 0.0922. The largest absolute Gasteiger partial charge is 0.484 e. The molecule has 0 fully saturated rings. The molecule has 0 aliphatic carbocycles. The van der Waals surface area contributed by atoms with Crippen molar-refractivity contribution in [2.75, 3.05) is 22.8 Å². The van der Waals surface area contributed by atoms with Crippen LogP contribution in [-0.4, -0.2) is 32.5 Å². The molecule has 1 aliphatic rings. The van der Waals surface area contributed by atoms with E-state index in [0.29, 0.717) is 24.4 Å². The van der Waals surface area contributed by atoms with E-state index in [1.54, 1.807) is 29.5 Å². The van der Waals surface area contributed by atoms with E-state index in [1.165, 1.54) is 16.4 Å². The third-order valence-electron chi connectivity index (χ3n) is 5.69. The van der Waals surface area contributed by atoms with E-state index < -0.39 is 10.0 Å². The Balaban J connectivity index is 1.20. The fourth-order valence-corrected chi connectivity index (χ4v) is 6.12. The maximum atomic E-state index is 13.1. The molecule has 0 saturated carbocycles. The molecule has 1 amide bonds. The van der Waals surface area contributed by atoms with Crippen molar-refractivity contribution in [3.8, 4) is 17.0 Å². The van der Waals surface area contributed by atoms with E-state index in [2.05, 4.69) is 10.3 Å². The van der Waals surface area contributed by atoms with Crippen LogP contribution in [0.15, 0.2) is 83.1 Å². The number of carbonyl (C=O) groups is 1. The summed E-state index contributed by atoms with van der Waals surface area (Å²) >= 11 is 1.57. The van der Waals surface area contributed by atoms with E-state index in [0.717, 1.165) is 27.5 Å². The fraction of sp³-hybridized carbons (Fsp3) is 0.154. The number of benzene rings is 3. The first-order valence-corrected chi connectivity index (χ1v) is 13.4. The summed E-state index contributed by atoms with van der Waals surface area (Å²) in [5.41, 5.74) is 4.18. The minimum absolute atomic E-state index is 0.181. The van der Waals surface area contributed by atoms with Gasteiger partial charge in [0.15, 0.2) is 6.61 Å². The molecule has 1 aromatic heterocycles. The van der Waals surface area contributed by atoms with Gasteiger partial charge in [-0.3, -0.25) is 9.10 Å². The van der Waals surface area contributed by atoms with E-state index in [-0.39, 0.29) is 17.4 Å². The molecule has 0 atom stereocenters. The van der Waals surface area contributed by atoms with Crippen molar-refractivity contribution in [2.45, 2.75) is 18.2 Å². The third-order valence-corrected chi connectivity index (χ3v) is 8.29. The number of hydrogen-bond acceptors (Lipinski definition) is 6. The number of carbonyl (C=O) groups excluding carboxylic acids is 1. The zero-order valence-electron chi connectivity index (χ0n) is 19.0. The number of thiazole rings is 1. The molecule has 0 saturated heterocycles. The standard InChI is InChI=1S/C26H23N3O4S2/c1-18-27-24(17-34-18)20-6-4-7-21(15-20)28-26(30)16-33-22-9-11-23(12-10-22)35(31,32)29-14-13-19-5-2-3-8-25(19)29/h2-12,15,17H,13-14,16H2,1H3,(H,28,30). The Kier molecular flexibility index (Phi) is 6.27. The first-order chi connectivity index (χ1) is 16.9. The molecule has 9 heteroatoms. The van der Waals surface area contributed by atoms with Gasteiger partial charge in [0.2, 0.25) is 0 Å². The van der Waals surface area contributed by atoms with Gasteiger partial charge in [0.25, 0.3) is 15.9 Å². The highest BCUT2D eigenvalue weighted by Crippen LogP contribution is 2.33. The van der Waals surface area contributed by atoms with E-state index in [1.807, 2.05) is 54.8 Å². The van der Waals surface area contributed by atoms with Crippen molar-refractivity contribution >= 4 is 38.6 Å². The number of anilines is 2. The monoisotopic (exact) mass is 505 g/mol. The lowest BCUT2D eigenvalue weighted by atomic mass is 10.1. The number of sulfonamides is 1. The first-order valence-electron chi connectivity index (χ1n) is 11.1. The highest BCUT2D eigenvalue weighted by Gasteiger charge is 2.30. The SMILES string of the molecule is Cc1nc(-c2cccc(NC(=O)COc3ccc(S(=O)(=O)N4CCc5ccccc54)cc3)c2)cs1. The summed E-state index contributed by atoms with van der Waals surface area (Å²) in [6.07, 6.45) is 0.692. The van der Waals surface area contributed by atoms with E-state index in [9.17, 15) is 13.2 Å². The molecular formula is C26H23N3O4S2. The molecule has 0 radical (unpaired) electrons. The van der Waals surface area contributed by atoms with Crippen LogP contribution >= 0.6 is 11.3 Å². The van der Waals surface area contributed by atoms with Crippen LogP contribution in [0.2, 0.25) is 0 Å². The third kappa shape index (κ3) is 4.91. The Bertz CT molecular complexity index is 1480. The lowest BCUT2D eigenvalue weighted by Crippen LogP contribution is -2.29. The van der Waals surface area contributed by atoms with Gasteiger partial charge in [0.05, 0.1) is 21.3 Å².